The molecule has 0 unspecified atom stereocenters. The van der Waals surface area contributed by atoms with Crippen LogP contribution in [-0.4, -0.2) is 23.7 Å². The topological polar surface area (TPSA) is 43.1 Å². The van der Waals surface area contributed by atoms with Crippen LogP contribution >= 0.6 is 7.29 Å². The number of alkyl halides is 10. The zero-order valence-electron chi connectivity index (χ0n) is 7.21. The van der Waals surface area contributed by atoms with E-state index in [1.807, 2.05) is 0 Å². The van der Waals surface area contributed by atoms with E-state index in [-0.39, 0.29) is 0 Å². The molecule has 0 atom stereocenters. The molecule has 0 aliphatic heterocycles. The summed E-state index contributed by atoms with van der Waals surface area (Å²) in [7, 11) is -7.76. The first-order chi connectivity index (χ1) is 7.00. The standard InChI is InChI=1S/C4H2F10NOP/c5-1(6,7)3(11,12)17(15,16)4(13,14)2(8,9)10/h(H2,15,16). The summed E-state index contributed by atoms with van der Waals surface area (Å²) in [6, 6.07) is 0. The zero-order chi connectivity index (χ0) is 14.5. The van der Waals surface area contributed by atoms with E-state index >= 15 is 0 Å². The van der Waals surface area contributed by atoms with E-state index in [2.05, 4.69) is 5.50 Å². The van der Waals surface area contributed by atoms with Crippen LogP contribution in [0.25, 0.3) is 0 Å². The minimum Gasteiger partial charge on any atom is -0.293 e. The number of nitrogens with two attached hydrogens (primary N) is 1. The van der Waals surface area contributed by atoms with Gasteiger partial charge in [0.1, 0.15) is 0 Å². The maximum atomic E-state index is 12.2. The number of hydrogen-bond acceptors (Lipinski definition) is 1. The molecule has 0 saturated heterocycles. The lowest BCUT2D eigenvalue weighted by molar-refractivity contribution is -0.266. The highest BCUT2D eigenvalue weighted by Crippen LogP contribution is 2.72. The van der Waals surface area contributed by atoms with Crippen molar-refractivity contribution in [3.8, 4) is 0 Å². The normalized spacial score (nSPS) is 16.2. The summed E-state index contributed by atoms with van der Waals surface area (Å²) >= 11 is 0. The van der Waals surface area contributed by atoms with Gasteiger partial charge in [-0.05, 0) is 0 Å². The molecule has 13 heteroatoms. The molecule has 0 aromatic heterocycles. The summed E-state index contributed by atoms with van der Waals surface area (Å²) in [4.78, 5) is 0. The highest BCUT2D eigenvalue weighted by molar-refractivity contribution is 7.64. The van der Waals surface area contributed by atoms with Crippen LogP contribution in [0.5, 0.6) is 0 Å². The summed E-state index contributed by atoms with van der Waals surface area (Å²) in [6.45, 7) is 0. The van der Waals surface area contributed by atoms with Crippen molar-refractivity contribution in [1.82, 2.24) is 0 Å². The maximum Gasteiger partial charge on any atom is 0.462 e. The first-order valence-electron chi connectivity index (χ1n) is 3.28. The monoisotopic (exact) mass is 301 g/mol. The van der Waals surface area contributed by atoms with Crippen molar-refractivity contribution in [3.05, 3.63) is 0 Å². The quantitative estimate of drug-likeness (QED) is 0.626. The molecular weight excluding hydrogens is 299 g/mol. The van der Waals surface area contributed by atoms with Crippen LogP contribution in [0.1, 0.15) is 0 Å². The smallest absolute Gasteiger partial charge is 0.293 e. The molecular formula is C4H2F10NOP. The average Bonchev–Trinajstić information content (AvgIpc) is 1.98. The van der Waals surface area contributed by atoms with Crippen molar-refractivity contribution in [3.63, 3.8) is 0 Å². The maximum absolute atomic E-state index is 12.2. The predicted molar refractivity (Wildman–Crippen MR) is 33.8 cm³/mol. The van der Waals surface area contributed by atoms with E-state index in [4.69, 9.17) is 0 Å². The number of halogens is 10. The van der Waals surface area contributed by atoms with Gasteiger partial charge in [0.05, 0.1) is 0 Å². The zero-order valence-corrected chi connectivity index (χ0v) is 8.11. The van der Waals surface area contributed by atoms with E-state index in [9.17, 15) is 48.5 Å². The first-order valence-corrected chi connectivity index (χ1v) is 5.05. The Morgan fingerprint density at radius 1 is 0.647 bits per heavy atom. The van der Waals surface area contributed by atoms with Crippen LogP contribution in [0.3, 0.4) is 0 Å². The van der Waals surface area contributed by atoms with Gasteiger partial charge in [-0.2, -0.15) is 43.9 Å². The second-order valence-electron chi connectivity index (χ2n) is 2.74. The van der Waals surface area contributed by atoms with E-state index in [0.717, 1.165) is 0 Å². The van der Waals surface area contributed by atoms with Crippen LogP contribution in [0.2, 0.25) is 0 Å². The molecule has 104 valence electrons. The van der Waals surface area contributed by atoms with Crippen molar-refractivity contribution in [2.75, 3.05) is 0 Å². The molecule has 0 fully saturated rings. The molecule has 17 heavy (non-hydrogen) atoms. The Morgan fingerprint density at radius 2 is 0.824 bits per heavy atom. The molecule has 0 aliphatic rings. The largest absolute Gasteiger partial charge is 0.462 e. The summed E-state index contributed by atoms with van der Waals surface area (Å²) < 4.78 is 129. The van der Waals surface area contributed by atoms with Gasteiger partial charge in [0.15, 0.2) is 0 Å². The van der Waals surface area contributed by atoms with Crippen molar-refractivity contribution in [2.24, 2.45) is 5.50 Å². The van der Waals surface area contributed by atoms with Gasteiger partial charge < -0.3 is 0 Å². The molecule has 0 radical (unpaired) electrons. The minimum atomic E-state index is -7.76. The lowest BCUT2D eigenvalue weighted by Gasteiger charge is -2.31. The van der Waals surface area contributed by atoms with Gasteiger partial charge in [-0.15, -0.1) is 0 Å². The van der Waals surface area contributed by atoms with Crippen molar-refractivity contribution >= 4 is 7.29 Å². The fourth-order valence-electron chi connectivity index (χ4n) is 0.553. The van der Waals surface area contributed by atoms with Gasteiger partial charge in [-0.1, -0.05) is 0 Å². The number of rotatable bonds is 2. The molecule has 0 aliphatic carbocycles. The molecule has 0 amide bonds. The van der Waals surface area contributed by atoms with Crippen LogP contribution in [0, 0.1) is 0 Å². The first kappa shape index (κ1) is 16.5. The number of hydrogen-bond donors (Lipinski definition) is 1. The second kappa shape index (κ2) is 3.74. The summed E-state index contributed by atoms with van der Waals surface area (Å²) in [5.41, 5.74) is -10.3. The van der Waals surface area contributed by atoms with E-state index in [0.29, 0.717) is 0 Å². The Hall–Kier alpha value is -0.510. The van der Waals surface area contributed by atoms with Crippen LogP contribution < -0.4 is 5.50 Å². The predicted octanol–water partition coefficient (Wildman–Crippen LogP) is 3.53. The Labute approximate surface area is 86.2 Å². The highest BCUT2D eigenvalue weighted by Gasteiger charge is 2.82. The Kier molecular flexibility index (Phi) is 3.63. The van der Waals surface area contributed by atoms with Crippen LogP contribution in [0.15, 0.2) is 0 Å². The summed E-state index contributed by atoms with van der Waals surface area (Å²) in [6.07, 6.45) is -13.8. The minimum absolute atomic E-state index is 3.46. The van der Waals surface area contributed by atoms with Crippen LogP contribution in [-0.2, 0) is 4.57 Å². The van der Waals surface area contributed by atoms with Crippen LogP contribution in [0.4, 0.5) is 43.9 Å². The summed E-state index contributed by atoms with van der Waals surface area (Å²) in [5.74, 6) is 0. The Balaban J connectivity index is 5.83. The van der Waals surface area contributed by atoms with Gasteiger partial charge in [0.25, 0.3) is 7.29 Å². The Bertz CT molecular complexity index is 311. The molecule has 0 bridgehead atoms. The molecule has 0 rings (SSSR count). The average molecular weight is 301 g/mol. The third-order valence-electron chi connectivity index (χ3n) is 1.52. The van der Waals surface area contributed by atoms with Gasteiger partial charge in [-0.25, -0.2) is 0 Å². The van der Waals surface area contributed by atoms with E-state index in [1.165, 1.54) is 0 Å². The summed E-state index contributed by atoms with van der Waals surface area (Å²) in [5, 5.41) is 0. The second-order valence-corrected chi connectivity index (χ2v) is 5.18. The molecule has 2 N–H and O–H groups in total. The highest BCUT2D eigenvalue weighted by atomic mass is 31.2. The molecule has 0 spiro atoms. The fourth-order valence-corrected chi connectivity index (χ4v) is 1.66. The molecule has 0 aromatic rings. The lowest BCUT2D eigenvalue weighted by Crippen LogP contribution is -2.49. The van der Waals surface area contributed by atoms with Gasteiger partial charge in [0.2, 0.25) is 0 Å². The molecule has 0 aromatic carbocycles. The van der Waals surface area contributed by atoms with Crippen molar-refractivity contribution < 1.29 is 48.5 Å². The van der Waals surface area contributed by atoms with Gasteiger partial charge >= 0.3 is 23.7 Å². The van der Waals surface area contributed by atoms with Gasteiger partial charge in [-0.3, -0.25) is 10.1 Å². The lowest BCUT2D eigenvalue weighted by atomic mass is 10.7. The molecule has 2 nitrogen and oxygen atoms in total. The molecule has 0 heterocycles. The van der Waals surface area contributed by atoms with Gasteiger partial charge in [0, 0.05) is 0 Å². The third-order valence-corrected chi connectivity index (χ3v) is 3.69. The van der Waals surface area contributed by atoms with Crippen molar-refractivity contribution in [1.29, 1.82) is 0 Å². The van der Waals surface area contributed by atoms with E-state index in [1.54, 1.807) is 0 Å². The van der Waals surface area contributed by atoms with E-state index < -0.39 is 31.0 Å². The third kappa shape index (κ3) is 2.24. The fraction of sp³-hybridized carbons (Fsp3) is 1.00. The SMILES string of the molecule is NP(=O)(C(F)(F)C(F)(F)F)C(F)(F)C(F)(F)F. The molecule has 0 saturated carbocycles. The Morgan fingerprint density at radius 3 is 0.941 bits per heavy atom. The van der Waals surface area contributed by atoms with Crippen molar-refractivity contribution in [2.45, 2.75) is 23.7 Å².